The molecule has 0 fully saturated rings. The molecule has 3 aromatic rings. The third-order valence-electron chi connectivity index (χ3n) is 4.92. The summed E-state index contributed by atoms with van der Waals surface area (Å²) in [5.74, 6) is -0.539. The second-order valence-corrected chi connectivity index (χ2v) is 9.32. The van der Waals surface area contributed by atoms with E-state index >= 15 is 0 Å². The van der Waals surface area contributed by atoms with Crippen molar-refractivity contribution in [1.29, 1.82) is 0 Å². The zero-order valence-electron chi connectivity index (χ0n) is 17.7. The van der Waals surface area contributed by atoms with E-state index in [-0.39, 0.29) is 23.3 Å². The molecule has 0 radical (unpaired) electrons. The Morgan fingerprint density at radius 1 is 1.09 bits per heavy atom. The van der Waals surface area contributed by atoms with Crippen molar-refractivity contribution >= 4 is 15.9 Å². The standard InChI is InChI=1S/C21H22F3N5O3S/c1-13(2)19(20(30)26-11-14-3-7-16(8-4-14)21(22,23)24)29-12-18(27-28-29)15-5-9-17(10-6-15)33(25,31)32/h3-10,12-13,19H,11H2,1-2H3,(H,26,30)(H2,25,31,32). The number of hydrogen-bond donors (Lipinski definition) is 2. The van der Waals surface area contributed by atoms with E-state index in [4.69, 9.17) is 5.14 Å². The first-order valence-electron chi connectivity index (χ1n) is 9.85. The molecule has 1 heterocycles. The number of carbonyl (C=O) groups is 1. The summed E-state index contributed by atoms with van der Waals surface area (Å²) in [6.07, 6.45) is -2.86. The summed E-state index contributed by atoms with van der Waals surface area (Å²) in [6.45, 7) is 3.70. The molecule has 0 aliphatic heterocycles. The van der Waals surface area contributed by atoms with Crippen LogP contribution in [0.25, 0.3) is 11.3 Å². The number of benzene rings is 2. The molecule has 8 nitrogen and oxygen atoms in total. The lowest BCUT2D eigenvalue weighted by atomic mass is 10.0. The van der Waals surface area contributed by atoms with Crippen LogP contribution in [0.2, 0.25) is 0 Å². The van der Waals surface area contributed by atoms with Crippen LogP contribution < -0.4 is 10.5 Å². The molecular weight excluding hydrogens is 459 g/mol. The van der Waals surface area contributed by atoms with Gasteiger partial charge in [-0.3, -0.25) is 4.79 Å². The van der Waals surface area contributed by atoms with Gasteiger partial charge in [-0.2, -0.15) is 13.2 Å². The minimum atomic E-state index is -4.42. The van der Waals surface area contributed by atoms with E-state index in [1.165, 1.54) is 41.1 Å². The van der Waals surface area contributed by atoms with Gasteiger partial charge in [0.15, 0.2) is 0 Å². The lowest BCUT2D eigenvalue weighted by Gasteiger charge is -2.20. The van der Waals surface area contributed by atoms with E-state index < -0.39 is 27.8 Å². The van der Waals surface area contributed by atoms with Crippen LogP contribution in [0.3, 0.4) is 0 Å². The van der Waals surface area contributed by atoms with Crippen molar-refractivity contribution in [3.05, 3.63) is 65.9 Å². The van der Waals surface area contributed by atoms with Gasteiger partial charge in [-0.15, -0.1) is 5.10 Å². The van der Waals surface area contributed by atoms with Gasteiger partial charge in [-0.25, -0.2) is 18.2 Å². The SMILES string of the molecule is CC(C)C(C(=O)NCc1ccc(C(F)(F)F)cc1)n1cc(-c2ccc(S(N)(=O)=O)cc2)nn1. The molecule has 1 atom stereocenters. The second kappa shape index (κ2) is 9.32. The molecule has 0 aliphatic carbocycles. The number of nitrogens with zero attached hydrogens (tertiary/aromatic N) is 3. The van der Waals surface area contributed by atoms with Crippen LogP contribution in [0.1, 0.15) is 31.0 Å². The Labute approximate surface area is 188 Å². The minimum Gasteiger partial charge on any atom is -0.350 e. The molecule has 1 amide bonds. The first kappa shape index (κ1) is 24.4. The van der Waals surface area contributed by atoms with Crippen molar-refractivity contribution in [2.45, 2.75) is 37.5 Å². The van der Waals surface area contributed by atoms with Gasteiger partial charge in [0.25, 0.3) is 0 Å². The van der Waals surface area contributed by atoms with Gasteiger partial charge in [0, 0.05) is 12.1 Å². The Hall–Kier alpha value is -3.25. The van der Waals surface area contributed by atoms with Crippen LogP contribution in [0.5, 0.6) is 0 Å². The van der Waals surface area contributed by atoms with Crippen LogP contribution in [-0.4, -0.2) is 29.3 Å². The van der Waals surface area contributed by atoms with Crippen molar-refractivity contribution in [2.24, 2.45) is 11.1 Å². The fourth-order valence-electron chi connectivity index (χ4n) is 3.19. The fourth-order valence-corrected chi connectivity index (χ4v) is 3.71. The molecule has 0 bridgehead atoms. The number of nitrogens with two attached hydrogens (primary N) is 1. The Kier molecular flexibility index (Phi) is 6.89. The minimum absolute atomic E-state index is 0.0404. The lowest BCUT2D eigenvalue weighted by molar-refractivity contribution is -0.137. The monoisotopic (exact) mass is 481 g/mol. The highest BCUT2D eigenvalue weighted by Crippen LogP contribution is 2.29. The lowest BCUT2D eigenvalue weighted by Crippen LogP contribution is -2.35. The average Bonchev–Trinajstić information content (AvgIpc) is 3.21. The number of sulfonamides is 1. The number of aromatic nitrogens is 3. The van der Waals surface area contributed by atoms with Crippen molar-refractivity contribution in [3.63, 3.8) is 0 Å². The average molecular weight is 482 g/mol. The van der Waals surface area contributed by atoms with Crippen molar-refractivity contribution in [1.82, 2.24) is 20.3 Å². The number of halogens is 3. The molecule has 12 heteroatoms. The van der Waals surface area contributed by atoms with Crippen LogP contribution in [-0.2, 0) is 27.5 Å². The van der Waals surface area contributed by atoms with Crippen LogP contribution in [0.4, 0.5) is 13.2 Å². The predicted octanol–water partition coefficient (Wildman–Crippen LogP) is 3.12. The third-order valence-corrected chi connectivity index (χ3v) is 5.85. The quantitative estimate of drug-likeness (QED) is 0.537. The summed E-state index contributed by atoms with van der Waals surface area (Å²) < 4.78 is 62.3. The molecule has 0 saturated heterocycles. The summed E-state index contributed by atoms with van der Waals surface area (Å²) >= 11 is 0. The molecule has 33 heavy (non-hydrogen) atoms. The molecule has 0 saturated carbocycles. The van der Waals surface area contributed by atoms with Gasteiger partial charge in [-0.05, 0) is 35.7 Å². The number of amides is 1. The largest absolute Gasteiger partial charge is 0.416 e. The van der Waals surface area contributed by atoms with Crippen LogP contribution in [0, 0.1) is 5.92 Å². The van der Waals surface area contributed by atoms with E-state index in [0.29, 0.717) is 16.8 Å². The van der Waals surface area contributed by atoms with Gasteiger partial charge in [0.2, 0.25) is 15.9 Å². The number of primary sulfonamides is 1. The number of rotatable bonds is 7. The maximum absolute atomic E-state index is 12.8. The van der Waals surface area contributed by atoms with Crippen LogP contribution >= 0.6 is 0 Å². The smallest absolute Gasteiger partial charge is 0.350 e. The van der Waals surface area contributed by atoms with E-state index in [0.717, 1.165) is 12.1 Å². The molecule has 3 N–H and O–H groups in total. The predicted molar refractivity (Wildman–Crippen MR) is 114 cm³/mol. The summed E-state index contributed by atoms with van der Waals surface area (Å²) in [6, 6.07) is 9.59. The van der Waals surface area contributed by atoms with Gasteiger partial charge in [-0.1, -0.05) is 43.3 Å². The number of nitrogens with one attached hydrogen (secondary N) is 1. The molecule has 0 spiro atoms. The normalized spacial score (nSPS) is 13.2. The highest BCUT2D eigenvalue weighted by Gasteiger charge is 2.30. The molecule has 176 valence electrons. The van der Waals surface area contributed by atoms with Crippen molar-refractivity contribution in [2.75, 3.05) is 0 Å². The van der Waals surface area contributed by atoms with E-state index in [1.54, 1.807) is 6.20 Å². The Morgan fingerprint density at radius 3 is 2.21 bits per heavy atom. The molecule has 3 rings (SSSR count). The zero-order chi connectivity index (χ0) is 24.4. The van der Waals surface area contributed by atoms with Gasteiger partial charge < -0.3 is 5.32 Å². The van der Waals surface area contributed by atoms with E-state index in [2.05, 4.69) is 15.6 Å². The number of carbonyl (C=O) groups excluding carboxylic acids is 1. The van der Waals surface area contributed by atoms with E-state index in [9.17, 15) is 26.4 Å². The topological polar surface area (TPSA) is 120 Å². The van der Waals surface area contributed by atoms with Gasteiger partial charge >= 0.3 is 6.18 Å². The van der Waals surface area contributed by atoms with E-state index in [1.807, 2.05) is 13.8 Å². The third kappa shape index (κ3) is 5.96. The number of alkyl halides is 3. The Balaban J connectivity index is 1.72. The van der Waals surface area contributed by atoms with Crippen LogP contribution in [0.15, 0.2) is 59.6 Å². The highest BCUT2D eigenvalue weighted by molar-refractivity contribution is 7.89. The molecule has 2 aromatic carbocycles. The molecule has 1 unspecified atom stereocenters. The summed E-state index contributed by atoms with van der Waals surface area (Å²) in [4.78, 5) is 12.8. The van der Waals surface area contributed by atoms with Crippen molar-refractivity contribution in [3.8, 4) is 11.3 Å². The molecule has 1 aromatic heterocycles. The summed E-state index contributed by atoms with van der Waals surface area (Å²) in [5, 5.41) is 15.9. The zero-order valence-corrected chi connectivity index (χ0v) is 18.6. The summed E-state index contributed by atoms with van der Waals surface area (Å²) in [5.41, 5.74) is 0.774. The van der Waals surface area contributed by atoms with Gasteiger partial charge in [0.05, 0.1) is 16.7 Å². The maximum atomic E-state index is 12.8. The maximum Gasteiger partial charge on any atom is 0.416 e. The fraction of sp³-hybridized carbons (Fsp3) is 0.286. The first-order chi connectivity index (χ1) is 15.4. The highest BCUT2D eigenvalue weighted by atomic mass is 32.2. The first-order valence-corrected chi connectivity index (χ1v) is 11.4. The van der Waals surface area contributed by atoms with Crippen molar-refractivity contribution < 1.29 is 26.4 Å². The molecule has 0 aliphatic rings. The van der Waals surface area contributed by atoms with Gasteiger partial charge in [0.1, 0.15) is 11.7 Å². The number of hydrogen-bond acceptors (Lipinski definition) is 5. The summed E-state index contributed by atoms with van der Waals surface area (Å²) in [7, 11) is -3.82. The molecular formula is C21H22F3N5O3S. The Morgan fingerprint density at radius 2 is 1.70 bits per heavy atom. The Bertz CT molecular complexity index is 1220. The second-order valence-electron chi connectivity index (χ2n) is 7.75.